The Labute approximate surface area is 79.5 Å². The lowest BCUT2D eigenvalue weighted by molar-refractivity contribution is 0.0594. The summed E-state index contributed by atoms with van der Waals surface area (Å²) in [6.07, 6.45) is 4.99. The Balaban J connectivity index is 3.36. The fourth-order valence-electron chi connectivity index (χ4n) is 0.931. The highest BCUT2D eigenvalue weighted by Crippen LogP contribution is 2.15. The highest BCUT2D eigenvalue weighted by Gasteiger charge is 2.16. The number of carbonyl (C=O) groups is 1. The number of terminal acetylenes is 1. The first-order valence-electron chi connectivity index (χ1n) is 3.64. The molecule has 0 amide bonds. The Morgan fingerprint density at radius 2 is 2.14 bits per heavy atom. The molecule has 1 aromatic rings. The summed E-state index contributed by atoms with van der Waals surface area (Å²) in [7, 11) is 1.07. The lowest BCUT2D eigenvalue weighted by Gasteiger charge is -2.02. The minimum atomic E-state index is -1.25. The molecule has 0 fully saturated rings. The van der Waals surface area contributed by atoms with Crippen molar-refractivity contribution < 1.29 is 18.3 Å². The van der Waals surface area contributed by atoms with Crippen LogP contribution in [0.15, 0.2) is 12.1 Å². The maximum Gasteiger partial charge on any atom is 0.341 e. The molecule has 0 saturated heterocycles. The Kier molecular flexibility index (Phi) is 2.82. The highest BCUT2D eigenvalue weighted by atomic mass is 19.2. The summed E-state index contributed by atoms with van der Waals surface area (Å²) in [5, 5.41) is 0. The smallest absolute Gasteiger partial charge is 0.341 e. The molecule has 0 aliphatic rings. The third-order valence-corrected chi connectivity index (χ3v) is 1.60. The van der Waals surface area contributed by atoms with Crippen molar-refractivity contribution in [1.29, 1.82) is 0 Å². The molecule has 1 rings (SSSR count). The lowest BCUT2D eigenvalue weighted by Crippen LogP contribution is -2.06. The van der Waals surface area contributed by atoms with E-state index in [2.05, 4.69) is 10.7 Å². The number of carbonyl (C=O) groups excluding carboxylic acids is 1. The monoisotopic (exact) mass is 196 g/mol. The van der Waals surface area contributed by atoms with Crippen molar-refractivity contribution in [2.75, 3.05) is 7.11 Å². The lowest BCUT2D eigenvalue weighted by atomic mass is 10.1. The van der Waals surface area contributed by atoms with Crippen LogP contribution >= 0.6 is 0 Å². The van der Waals surface area contributed by atoms with Crippen LogP contribution in [0.5, 0.6) is 0 Å². The number of hydrogen-bond acceptors (Lipinski definition) is 2. The molecule has 0 radical (unpaired) electrons. The number of hydrogen-bond donors (Lipinski definition) is 0. The summed E-state index contributed by atoms with van der Waals surface area (Å²) in [6, 6.07) is 1.89. The zero-order valence-corrected chi connectivity index (χ0v) is 7.30. The first kappa shape index (κ1) is 10.2. The predicted octanol–water partition coefficient (Wildman–Crippen LogP) is 1.73. The number of ether oxygens (including phenoxy) is 1. The maximum absolute atomic E-state index is 13.0. The number of methoxy groups -OCH3 is 1. The maximum atomic E-state index is 13.0. The molecule has 4 heteroatoms. The summed E-state index contributed by atoms with van der Waals surface area (Å²) in [5.74, 6) is -1.28. The summed E-state index contributed by atoms with van der Waals surface area (Å²) in [6.45, 7) is 0. The quantitative estimate of drug-likeness (QED) is 0.505. The minimum Gasteiger partial charge on any atom is -0.465 e. The van der Waals surface area contributed by atoms with Crippen LogP contribution in [0.2, 0.25) is 0 Å². The molecular weight excluding hydrogens is 190 g/mol. The van der Waals surface area contributed by atoms with Gasteiger partial charge in [-0.1, -0.05) is 5.92 Å². The normalized spacial score (nSPS) is 9.29. The molecule has 14 heavy (non-hydrogen) atoms. The van der Waals surface area contributed by atoms with Crippen molar-refractivity contribution in [3.8, 4) is 12.3 Å². The second-order valence-corrected chi connectivity index (χ2v) is 2.46. The SMILES string of the molecule is C#Cc1cc(F)c(F)c(C(=O)OC)c1. The van der Waals surface area contributed by atoms with Crippen molar-refractivity contribution in [1.82, 2.24) is 0 Å². The molecule has 0 aliphatic carbocycles. The fraction of sp³-hybridized carbons (Fsp3) is 0.100. The zero-order chi connectivity index (χ0) is 10.7. The molecule has 0 spiro atoms. The van der Waals surface area contributed by atoms with Crippen molar-refractivity contribution >= 4 is 5.97 Å². The van der Waals surface area contributed by atoms with Gasteiger partial charge in [-0.2, -0.15) is 0 Å². The van der Waals surface area contributed by atoms with Crippen LogP contribution in [-0.4, -0.2) is 13.1 Å². The second-order valence-electron chi connectivity index (χ2n) is 2.46. The van der Waals surface area contributed by atoms with E-state index in [9.17, 15) is 13.6 Å². The van der Waals surface area contributed by atoms with E-state index in [1.165, 1.54) is 0 Å². The third kappa shape index (κ3) is 1.72. The van der Waals surface area contributed by atoms with Gasteiger partial charge in [0.05, 0.1) is 12.7 Å². The largest absolute Gasteiger partial charge is 0.465 e. The molecule has 0 N–H and O–H groups in total. The Bertz CT molecular complexity index is 419. The molecule has 1 aromatic carbocycles. The van der Waals surface area contributed by atoms with E-state index < -0.39 is 23.2 Å². The third-order valence-electron chi connectivity index (χ3n) is 1.60. The number of rotatable bonds is 1. The first-order valence-corrected chi connectivity index (χ1v) is 3.64. The summed E-state index contributed by atoms with van der Waals surface area (Å²) < 4.78 is 30.1. The van der Waals surface area contributed by atoms with Gasteiger partial charge in [0.2, 0.25) is 0 Å². The summed E-state index contributed by atoms with van der Waals surface area (Å²) in [4.78, 5) is 11.0. The molecule has 0 unspecified atom stereocenters. The van der Waals surface area contributed by atoms with Gasteiger partial charge in [-0.25, -0.2) is 13.6 Å². The molecule has 72 valence electrons. The van der Waals surface area contributed by atoms with Crippen LogP contribution in [0.3, 0.4) is 0 Å². The Hall–Kier alpha value is -1.89. The summed E-state index contributed by atoms with van der Waals surface area (Å²) in [5.41, 5.74) is -0.412. The van der Waals surface area contributed by atoms with Crippen LogP contribution in [0.25, 0.3) is 0 Å². The first-order chi connectivity index (χ1) is 6.60. The van der Waals surface area contributed by atoms with E-state index in [1.54, 1.807) is 0 Å². The van der Waals surface area contributed by atoms with Crippen LogP contribution in [0.1, 0.15) is 15.9 Å². The number of halogens is 2. The summed E-state index contributed by atoms with van der Waals surface area (Å²) >= 11 is 0. The molecule has 0 bridgehead atoms. The topological polar surface area (TPSA) is 26.3 Å². The molecule has 0 heterocycles. The van der Waals surface area contributed by atoms with Gasteiger partial charge in [0.15, 0.2) is 11.6 Å². The fourth-order valence-corrected chi connectivity index (χ4v) is 0.931. The van der Waals surface area contributed by atoms with Crippen molar-refractivity contribution in [3.63, 3.8) is 0 Å². The van der Waals surface area contributed by atoms with Gasteiger partial charge in [-0.05, 0) is 12.1 Å². The van der Waals surface area contributed by atoms with E-state index in [-0.39, 0.29) is 5.56 Å². The standard InChI is InChI=1S/C10H6F2O2/c1-3-6-4-7(10(13)14-2)9(12)8(11)5-6/h1,4-5H,2H3. The van der Waals surface area contributed by atoms with Crippen LogP contribution < -0.4 is 0 Å². The van der Waals surface area contributed by atoms with E-state index in [1.807, 2.05) is 0 Å². The number of benzene rings is 1. The van der Waals surface area contributed by atoms with Gasteiger partial charge in [0.25, 0.3) is 0 Å². The second kappa shape index (κ2) is 3.88. The Morgan fingerprint density at radius 3 is 2.64 bits per heavy atom. The predicted molar refractivity (Wildman–Crippen MR) is 45.6 cm³/mol. The van der Waals surface area contributed by atoms with E-state index in [0.29, 0.717) is 0 Å². The van der Waals surface area contributed by atoms with Crippen molar-refractivity contribution in [3.05, 3.63) is 34.9 Å². The van der Waals surface area contributed by atoms with E-state index >= 15 is 0 Å². The molecule has 2 nitrogen and oxygen atoms in total. The highest BCUT2D eigenvalue weighted by molar-refractivity contribution is 5.90. The molecule has 0 aromatic heterocycles. The van der Waals surface area contributed by atoms with Gasteiger partial charge < -0.3 is 4.74 Å². The average Bonchev–Trinajstić information content (AvgIpc) is 2.20. The van der Waals surface area contributed by atoms with Crippen LogP contribution in [0, 0.1) is 24.0 Å². The molecular formula is C10H6F2O2. The van der Waals surface area contributed by atoms with Crippen molar-refractivity contribution in [2.45, 2.75) is 0 Å². The van der Waals surface area contributed by atoms with Crippen molar-refractivity contribution in [2.24, 2.45) is 0 Å². The Morgan fingerprint density at radius 1 is 1.50 bits per heavy atom. The van der Waals surface area contributed by atoms with Gasteiger partial charge in [0.1, 0.15) is 0 Å². The minimum absolute atomic E-state index is 0.0873. The number of esters is 1. The van der Waals surface area contributed by atoms with Crippen LogP contribution in [-0.2, 0) is 4.74 Å². The van der Waals surface area contributed by atoms with Gasteiger partial charge >= 0.3 is 5.97 Å². The van der Waals surface area contributed by atoms with Gasteiger partial charge in [0, 0.05) is 5.56 Å². The van der Waals surface area contributed by atoms with E-state index in [0.717, 1.165) is 19.2 Å². The van der Waals surface area contributed by atoms with Crippen LogP contribution in [0.4, 0.5) is 8.78 Å². The van der Waals surface area contributed by atoms with Gasteiger partial charge in [-0.3, -0.25) is 0 Å². The zero-order valence-electron chi connectivity index (χ0n) is 7.30. The molecule has 0 saturated carbocycles. The molecule has 0 aliphatic heterocycles. The molecule has 0 atom stereocenters. The van der Waals surface area contributed by atoms with E-state index in [4.69, 9.17) is 6.42 Å². The van der Waals surface area contributed by atoms with Gasteiger partial charge in [-0.15, -0.1) is 6.42 Å². The average molecular weight is 196 g/mol.